The summed E-state index contributed by atoms with van der Waals surface area (Å²) in [7, 11) is 0. The molecule has 1 amide bonds. The van der Waals surface area contributed by atoms with Crippen LogP contribution in [0, 0.1) is 10.1 Å². The maximum absolute atomic E-state index is 12.1. The fourth-order valence-corrected chi connectivity index (χ4v) is 2.63. The van der Waals surface area contributed by atoms with Crippen LogP contribution < -0.4 is 10.2 Å². The number of benzene rings is 1. The molecule has 2 aromatic rings. The number of fused-ring (bicyclic) bond motifs is 1. The predicted octanol–water partition coefficient (Wildman–Crippen LogP) is 1.67. The van der Waals surface area contributed by atoms with Gasteiger partial charge in [0.05, 0.1) is 23.7 Å². The molecule has 0 unspecified atom stereocenters. The summed E-state index contributed by atoms with van der Waals surface area (Å²) >= 11 is 0. The Bertz CT molecular complexity index is 733. The van der Waals surface area contributed by atoms with Gasteiger partial charge in [0.1, 0.15) is 0 Å². The van der Waals surface area contributed by atoms with Crippen molar-refractivity contribution in [3.63, 3.8) is 0 Å². The SMILES string of the molecule is O=C(CN1CCc2ccc([N+](=O)[O-])cc21)NCc1ccccn1. The van der Waals surface area contributed by atoms with E-state index in [-0.39, 0.29) is 18.1 Å². The van der Waals surface area contributed by atoms with Crippen LogP contribution in [0.3, 0.4) is 0 Å². The molecule has 1 aliphatic heterocycles. The second kappa shape index (κ2) is 6.43. The van der Waals surface area contributed by atoms with Gasteiger partial charge in [0, 0.05) is 30.6 Å². The number of nitro benzene ring substituents is 1. The first-order valence-electron chi connectivity index (χ1n) is 7.32. The molecule has 0 bridgehead atoms. The molecule has 7 heteroatoms. The minimum Gasteiger partial charge on any atom is -0.361 e. The highest BCUT2D eigenvalue weighted by Gasteiger charge is 2.23. The van der Waals surface area contributed by atoms with Crippen LogP contribution in [0.4, 0.5) is 11.4 Å². The van der Waals surface area contributed by atoms with E-state index in [0.29, 0.717) is 13.1 Å². The number of carbonyl (C=O) groups is 1. The van der Waals surface area contributed by atoms with Crippen LogP contribution in [0.15, 0.2) is 42.6 Å². The first kappa shape index (κ1) is 15.0. The average Bonchev–Trinajstić information content (AvgIpc) is 2.96. The third kappa shape index (κ3) is 3.45. The Labute approximate surface area is 133 Å². The summed E-state index contributed by atoms with van der Waals surface area (Å²) in [5.74, 6) is -0.130. The van der Waals surface area contributed by atoms with E-state index < -0.39 is 4.92 Å². The van der Waals surface area contributed by atoms with Crippen molar-refractivity contribution in [3.05, 3.63) is 64.0 Å². The lowest BCUT2D eigenvalue weighted by atomic mass is 10.1. The topological polar surface area (TPSA) is 88.4 Å². The van der Waals surface area contributed by atoms with Crippen molar-refractivity contribution in [2.75, 3.05) is 18.0 Å². The minimum atomic E-state index is -0.419. The summed E-state index contributed by atoms with van der Waals surface area (Å²) < 4.78 is 0. The number of nitrogens with one attached hydrogen (secondary N) is 1. The molecule has 1 aromatic carbocycles. The minimum absolute atomic E-state index is 0.0459. The molecule has 3 rings (SSSR count). The molecule has 1 N–H and O–H groups in total. The Morgan fingerprint density at radius 2 is 2.22 bits per heavy atom. The number of anilines is 1. The number of nitrogens with zero attached hydrogens (tertiary/aromatic N) is 3. The quantitative estimate of drug-likeness (QED) is 0.670. The lowest BCUT2D eigenvalue weighted by Crippen LogP contribution is -2.36. The summed E-state index contributed by atoms with van der Waals surface area (Å²) in [5.41, 5.74) is 2.64. The number of hydrogen-bond donors (Lipinski definition) is 1. The maximum Gasteiger partial charge on any atom is 0.271 e. The Balaban J connectivity index is 1.62. The van der Waals surface area contributed by atoms with Gasteiger partial charge in [-0.05, 0) is 24.1 Å². The summed E-state index contributed by atoms with van der Waals surface area (Å²) in [6.45, 7) is 1.24. The highest BCUT2D eigenvalue weighted by Crippen LogP contribution is 2.31. The molecular formula is C16H16N4O3. The van der Waals surface area contributed by atoms with Gasteiger partial charge in [-0.3, -0.25) is 19.9 Å². The molecule has 0 atom stereocenters. The zero-order valence-corrected chi connectivity index (χ0v) is 12.4. The van der Waals surface area contributed by atoms with Crippen LogP contribution in [0.2, 0.25) is 0 Å². The van der Waals surface area contributed by atoms with E-state index >= 15 is 0 Å². The Morgan fingerprint density at radius 3 is 2.96 bits per heavy atom. The molecular weight excluding hydrogens is 296 g/mol. The highest BCUT2D eigenvalue weighted by molar-refractivity contribution is 5.82. The number of aromatic nitrogens is 1. The van der Waals surface area contributed by atoms with E-state index in [4.69, 9.17) is 0 Å². The van der Waals surface area contributed by atoms with Crippen LogP contribution in [-0.4, -0.2) is 28.9 Å². The molecule has 118 valence electrons. The van der Waals surface area contributed by atoms with Crippen molar-refractivity contribution in [1.29, 1.82) is 0 Å². The fraction of sp³-hybridized carbons (Fsp3) is 0.250. The van der Waals surface area contributed by atoms with Gasteiger partial charge >= 0.3 is 0 Å². The van der Waals surface area contributed by atoms with Gasteiger partial charge in [-0.1, -0.05) is 12.1 Å². The standard InChI is InChI=1S/C16H16N4O3/c21-16(18-10-13-3-1-2-7-17-13)11-19-8-6-12-4-5-14(20(22)23)9-15(12)19/h1-5,7,9H,6,8,10-11H2,(H,18,21). The van der Waals surface area contributed by atoms with Crippen LogP contribution in [-0.2, 0) is 17.8 Å². The van der Waals surface area contributed by atoms with E-state index in [1.165, 1.54) is 12.1 Å². The molecule has 0 fully saturated rings. The van der Waals surface area contributed by atoms with Gasteiger partial charge in [-0.15, -0.1) is 0 Å². The monoisotopic (exact) mass is 312 g/mol. The van der Waals surface area contributed by atoms with Crippen molar-refractivity contribution in [2.45, 2.75) is 13.0 Å². The lowest BCUT2D eigenvalue weighted by molar-refractivity contribution is -0.384. The number of rotatable bonds is 5. The van der Waals surface area contributed by atoms with Crippen LogP contribution in [0.5, 0.6) is 0 Å². The summed E-state index contributed by atoms with van der Waals surface area (Å²) in [6.07, 6.45) is 2.47. The van der Waals surface area contributed by atoms with Crippen molar-refractivity contribution in [1.82, 2.24) is 10.3 Å². The van der Waals surface area contributed by atoms with Crippen LogP contribution in [0.25, 0.3) is 0 Å². The molecule has 1 aromatic heterocycles. The molecule has 1 aliphatic rings. The zero-order valence-electron chi connectivity index (χ0n) is 12.4. The molecule has 2 heterocycles. The van der Waals surface area contributed by atoms with Crippen molar-refractivity contribution in [3.8, 4) is 0 Å². The first-order valence-corrected chi connectivity index (χ1v) is 7.32. The van der Waals surface area contributed by atoms with Gasteiger partial charge in [-0.25, -0.2) is 0 Å². The second-order valence-corrected chi connectivity index (χ2v) is 5.34. The molecule has 23 heavy (non-hydrogen) atoms. The van der Waals surface area contributed by atoms with Gasteiger partial charge in [-0.2, -0.15) is 0 Å². The number of non-ortho nitro benzene ring substituents is 1. The lowest BCUT2D eigenvalue weighted by Gasteiger charge is -2.18. The molecule has 0 aliphatic carbocycles. The van der Waals surface area contributed by atoms with E-state index in [2.05, 4.69) is 10.3 Å². The Hall–Kier alpha value is -2.96. The van der Waals surface area contributed by atoms with E-state index in [1.54, 1.807) is 12.3 Å². The van der Waals surface area contributed by atoms with E-state index in [0.717, 1.165) is 23.4 Å². The number of amides is 1. The largest absolute Gasteiger partial charge is 0.361 e. The van der Waals surface area contributed by atoms with Gasteiger partial charge in [0.15, 0.2) is 0 Å². The van der Waals surface area contributed by atoms with Crippen molar-refractivity contribution >= 4 is 17.3 Å². The molecule has 7 nitrogen and oxygen atoms in total. The average molecular weight is 312 g/mol. The van der Waals surface area contributed by atoms with E-state index in [1.807, 2.05) is 23.1 Å². The summed E-state index contributed by atoms with van der Waals surface area (Å²) in [4.78, 5) is 28.6. The second-order valence-electron chi connectivity index (χ2n) is 5.34. The maximum atomic E-state index is 12.1. The number of hydrogen-bond acceptors (Lipinski definition) is 5. The van der Waals surface area contributed by atoms with Crippen molar-refractivity contribution in [2.24, 2.45) is 0 Å². The molecule has 0 saturated carbocycles. The predicted molar refractivity (Wildman–Crippen MR) is 85.1 cm³/mol. The molecule has 0 saturated heterocycles. The summed E-state index contributed by atoms with van der Waals surface area (Å²) in [5, 5.41) is 13.7. The van der Waals surface area contributed by atoms with Gasteiger partial charge < -0.3 is 10.2 Å². The smallest absolute Gasteiger partial charge is 0.271 e. The Morgan fingerprint density at radius 1 is 1.35 bits per heavy atom. The molecule has 0 spiro atoms. The number of pyridine rings is 1. The Kier molecular flexibility index (Phi) is 4.18. The first-order chi connectivity index (χ1) is 11.1. The zero-order chi connectivity index (χ0) is 16.2. The normalized spacial score (nSPS) is 12.8. The number of carbonyl (C=O) groups excluding carboxylic acids is 1. The summed E-state index contributed by atoms with van der Waals surface area (Å²) in [6, 6.07) is 10.3. The van der Waals surface area contributed by atoms with E-state index in [9.17, 15) is 14.9 Å². The van der Waals surface area contributed by atoms with Crippen molar-refractivity contribution < 1.29 is 9.72 Å². The highest BCUT2D eigenvalue weighted by atomic mass is 16.6. The molecule has 0 radical (unpaired) electrons. The number of nitro groups is 1. The van der Waals surface area contributed by atoms with Crippen LogP contribution >= 0.6 is 0 Å². The van der Waals surface area contributed by atoms with Gasteiger partial charge in [0.2, 0.25) is 5.91 Å². The van der Waals surface area contributed by atoms with Gasteiger partial charge in [0.25, 0.3) is 5.69 Å². The third-order valence-corrected chi connectivity index (χ3v) is 3.80. The fourth-order valence-electron chi connectivity index (χ4n) is 2.63. The van der Waals surface area contributed by atoms with Crippen LogP contribution in [0.1, 0.15) is 11.3 Å². The third-order valence-electron chi connectivity index (χ3n) is 3.80.